The molecule has 2 aliphatic rings. The molecule has 6 nitrogen and oxygen atoms in total. The number of urea groups is 1. The number of hydrogen-bond donors (Lipinski definition) is 2. The zero-order valence-electron chi connectivity index (χ0n) is 11.6. The molecule has 0 aromatic heterocycles. The molecule has 2 unspecified atom stereocenters. The van der Waals surface area contributed by atoms with Crippen LogP contribution in [0.25, 0.3) is 0 Å². The minimum atomic E-state index is -0.783. The Hall–Kier alpha value is -1.30. The average Bonchev–Trinajstić information content (AvgIpc) is 2.26. The zero-order chi connectivity index (χ0) is 14.0. The lowest BCUT2D eigenvalue weighted by Crippen LogP contribution is -2.58. The molecule has 2 rings (SSSR count). The Bertz CT molecular complexity index is 355. The number of nitrogens with zero attached hydrogens (tertiary/aromatic N) is 2. The predicted octanol–water partition coefficient (Wildman–Crippen LogP) is 0.443. The standard InChI is InChI=1S/C13H23N3O3/c1-9-6-15(2)4-3-11(9)14-13(19)16-7-10(8-16)5-12(17)18/h9-11H,3-8H2,1-2H3,(H,14,19)(H,17,18). The van der Waals surface area contributed by atoms with E-state index in [2.05, 4.69) is 24.2 Å². The highest BCUT2D eigenvalue weighted by Crippen LogP contribution is 2.20. The molecule has 2 heterocycles. The number of carbonyl (C=O) groups excluding carboxylic acids is 1. The fourth-order valence-corrected chi connectivity index (χ4v) is 2.93. The van der Waals surface area contributed by atoms with E-state index >= 15 is 0 Å². The summed E-state index contributed by atoms with van der Waals surface area (Å²) in [6.07, 6.45) is 1.14. The van der Waals surface area contributed by atoms with Gasteiger partial charge in [0, 0.05) is 31.6 Å². The van der Waals surface area contributed by atoms with Crippen LogP contribution in [-0.2, 0) is 4.79 Å². The van der Waals surface area contributed by atoms with Gasteiger partial charge in [-0.05, 0) is 25.9 Å². The molecule has 0 spiro atoms. The first kappa shape index (κ1) is 14.1. The fourth-order valence-electron chi connectivity index (χ4n) is 2.93. The Kier molecular flexibility index (Phi) is 4.29. The van der Waals surface area contributed by atoms with Crippen molar-refractivity contribution in [2.45, 2.75) is 25.8 Å². The van der Waals surface area contributed by atoms with Gasteiger partial charge in [-0.25, -0.2) is 4.79 Å². The van der Waals surface area contributed by atoms with Crippen molar-refractivity contribution in [1.29, 1.82) is 0 Å². The highest BCUT2D eigenvalue weighted by atomic mass is 16.4. The first-order valence-corrected chi connectivity index (χ1v) is 6.91. The minimum Gasteiger partial charge on any atom is -0.481 e. The maximum absolute atomic E-state index is 12.0. The van der Waals surface area contributed by atoms with Gasteiger partial charge in [0.05, 0.1) is 6.42 Å². The van der Waals surface area contributed by atoms with Crippen LogP contribution >= 0.6 is 0 Å². The molecular formula is C13H23N3O3. The van der Waals surface area contributed by atoms with Gasteiger partial charge in [0.2, 0.25) is 0 Å². The van der Waals surface area contributed by atoms with E-state index in [9.17, 15) is 9.59 Å². The SMILES string of the molecule is CC1CN(C)CCC1NC(=O)N1CC(CC(=O)O)C1. The van der Waals surface area contributed by atoms with E-state index in [1.807, 2.05) is 0 Å². The van der Waals surface area contributed by atoms with Crippen molar-refractivity contribution in [3.05, 3.63) is 0 Å². The van der Waals surface area contributed by atoms with E-state index in [0.29, 0.717) is 19.0 Å². The molecule has 2 fully saturated rings. The summed E-state index contributed by atoms with van der Waals surface area (Å²) in [5.74, 6) is -0.203. The molecule has 0 bridgehead atoms. The maximum atomic E-state index is 12.0. The molecule has 0 radical (unpaired) electrons. The van der Waals surface area contributed by atoms with E-state index in [1.165, 1.54) is 0 Å². The zero-order valence-corrected chi connectivity index (χ0v) is 11.6. The second-order valence-electron chi connectivity index (χ2n) is 5.95. The summed E-state index contributed by atoms with van der Waals surface area (Å²) in [6.45, 7) is 5.31. The van der Waals surface area contributed by atoms with E-state index in [1.54, 1.807) is 4.90 Å². The van der Waals surface area contributed by atoms with Crippen LogP contribution < -0.4 is 5.32 Å². The van der Waals surface area contributed by atoms with Gasteiger partial charge in [-0.3, -0.25) is 4.79 Å². The second kappa shape index (κ2) is 5.77. The second-order valence-corrected chi connectivity index (χ2v) is 5.95. The van der Waals surface area contributed by atoms with Crippen LogP contribution in [0.5, 0.6) is 0 Å². The normalized spacial score (nSPS) is 28.8. The Morgan fingerprint density at radius 1 is 1.32 bits per heavy atom. The highest BCUT2D eigenvalue weighted by molar-refractivity contribution is 5.76. The summed E-state index contributed by atoms with van der Waals surface area (Å²) in [4.78, 5) is 26.5. The number of likely N-dealkylation sites (tertiary alicyclic amines) is 2. The lowest BCUT2D eigenvalue weighted by atomic mass is 9.94. The van der Waals surface area contributed by atoms with Gasteiger partial charge in [-0.15, -0.1) is 0 Å². The number of hydrogen-bond acceptors (Lipinski definition) is 3. The Balaban J connectivity index is 1.72. The molecule has 2 saturated heterocycles. The average molecular weight is 269 g/mol. The van der Waals surface area contributed by atoms with Gasteiger partial charge >= 0.3 is 12.0 Å². The quantitative estimate of drug-likeness (QED) is 0.780. The lowest BCUT2D eigenvalue weighted by molar-refractivity contribution is -0.139. The van der Waals surface area contributed by atoms with Crippen LogP contribution in [0.3, 0.4) is 0 Å². The Labute approximate surface area is 113 Å². The number of carboxylic acids is 1. The molecule has 2 amide bonds. The third-order valence-corrected chi connectivity index (χ3v) is 4.12. The molecule has 6 heteroatoms. The van der Waals surface area contributed by atoms with Gasteiger partial charge in [0.25, 0.3) is 0 Å². The van der Waals surface area contributed by atoms with Crippen LogP contribution in [0.1, 0.15) is 19.8 Å². The van der Waals surface area contributed by atoms with Gasteiger partial charge in [0.15, 0.2) is 0 Å². The van der Waals surface area contributed by atoms with Crippen LogP contribution in [0.4, 0.5) is 4.79 Å². The summed E-state index contributed by atoms with van der Waals surface area (Å²) >= 11 is 0. The molecule has 2 atom stereocenters. The van der Waals surface area contributed by atoms with Crippen molar-refractivity contribution in [3.8, 4) is 0 Å². The number of piperidine rings is 1. The summed E-state index contributed by atoms with van der Waals surface area (Å²) in [5, 5.41) is 11.7. The van der Waals surface area contributed by atoms with Crippen molar-refractivity contribution < 1.29 is 14.7 Å². The van der Waals surface area contributed by atoms with Crippen molar-refractivity contribution in [3.63, 3.8) is 0 Å². The molecule has 108 valence electrons. The smallest absolute Gasteiger partial charge is 0.317 e. The molecule has 2 N–H and O–H groups in total. The molecule has 0 aliphatic carbocycles. The number of aliphatic carboxylic acids is 1. The van der Waals surface area contributed by atoms with E-state index in [0.717, 1.165) is 19.5 Å². The minimum absolute atomic E-state index is 0.0389. The van der Waals surface area contributed by atoms with Gasteiger partial charge in [0.1, 0.15) is 0 Å². The molecular weight excluding hydrogens is 246 g/mol. The predicted molar refractivity (Wildman–Crippen MR) is 70.9 cm³/mol. The van der Waals surface area contributed by atoms with E-state index in [4.69, 9.17) is 5.11 Å². The molecule has 2 aliphatic heterocycles. The Morgan fingerprint density at radius 2 is 2.00 bits per heavy atom. The summed E-state index contributed by atoms with van der Waals surface area (Å²) in [6, 6.07) is 0.199. The number of amides is 2. The Morgan fingerprint density at radius 3 is 2.58 bits per heavy atom. The van der Waals surface area contributed by atoms with Gasteiger partial charge in [-0.2, -0.15) is 0 Å². The number of rotatable bonds is 3. The molecule has 0 aromatic carbocycles. The molecule has 19 heavy (non-hydrogen) atoms. The third-order valence-electron chi connectivity index (χ3n) is 4.12. The van der Waals surface area contributed by atoms with Crippen LogP contribution in [0.15, 0.2) is 0 Å². The maximum Gasteiger partial charge on any atom is 0.317 e. The van der Waals surface area contributed by atoms with Crippen molar-refractivity contribution in [2.75, 3.05) is 33.2 Å². The van der Waals surface area contributed by atoms with Crippen molar-refractivity contribution >= 4 is 12.0 Å². The van der Waals surface area contributed by atoms with E-state index in [-0.39, 0.29) is 24.4 Å². The van der Waals surface area contributed by atoms with Crippen LogP contribution in [0, 0.1) is 11.8 Å². The number of carbonyl (C=O) groups is 2. The highest BCUT2D eigenvalue weighted by Gasteiger charge is 2.34. The summed E-state index contributed by atoms with van der Waals surface area (Å²) in [7, 11) is 2.10. The molecule has 0 aromatic rings. The van der Waals surface area contributed by atoms with Crippen molar-refractivity contribution in [2.24, 2.45) is 11.8 Å². The fraction of sp³-hybridized carbons (Fsp3) is 0.846. The van der Waals surface area contributed by atoms with Crippen molar-refractivity contribution in [1.82, 2.24) is 15.1 Å². The lowest BCUT2D eigenvalue weighted by Gasteiger charge is -2.41. The topological polar surface area (TPSA) is 72.9 Å². The summed E-state index contributed by atoms with van der Waals surface area (Å²) in [5.41, 5.74) is 0. The monoisotopic (exact) mass is 269 g/mol. The van der Waals surface area contributed by atoms with E-state index < -0.39 is 5.97 Å². The van der Waals surface area contributed by atoms with Gasteiger partial charge in [-0.1, -0.05) is 6.92 Å². The van der Waals surface area contributed by atoms with Crippen LogP contribution in [-0.4, -0.2) is 66.2 Å². The van der Waals surface area contributed by atoms with Crippen LogP contribution in [0.2, 0.25) is 0 Å². The number of carboxylic acid groups (broad SMARTS) is 1. The molecule has 0 saturated carbocycles. The first-order valence-electron chi connectivity index (χ1n) is 6.91. The first-order chi connectivity index (χ1) is 8.95. The largest absolute Gasteiger partial charge is 0.481 e. The number of nitrogens with one attached hydrogen (secondary N) is 1. The van der Waals surface area contributed by atoms with Gasteiger partial charge < -0.3 is 20.2 Å². The summed E-state index contributed by atoms with van der Waals surface area (Å²) < 4.78 is 0. The third kappa shape index (κ3) is 3.59.